The Hall–Kier alpha value is -2.48. The van der Waals surface area contributed by atoms with Crippen molar-refractivity contribution < 1.29 is 19.4 Å². The Kier molecular flexibility index (Phi) is 5.60. The van der Waals surface area contributed by atoms with Crippen molar-refractivity contribution in [3.8, 4) is 18.1 Å². The van der Waals surface area contributed by atoms with Crippen molar-refractivity contribution in [1.29, 1.82) is 0 Å². The number of hydrogen-bond acceptors (Lipinski definition) is 3. The topological polar surface area (TPSA) is 66.8 Å². The molecule has 0 fully saturated rings. The van der Waals surface area contributed by atoms with Crippen LogP contribution in [-0.4, -0.2) is 41.1 Å². The molecule has 5 heteroatoms. The maximum absolute atomic E-state index is 12.1. The zero-order valence-electron chi connectivity index (χ0n) is 11.5. The normalized spacial score (nSPS) is 11.2. The number of terminal acetylenes is 1. The molecular weight excluding hydrogens is 258 g/mol. The maximum atomic E-state index is 12.1. The molecule has 1 aromatic carbocycles. The van der Waals surface area contributed by atoms with Gasteiger partial charge >= 0.3 is 5.97 Å². The molecule has 20 heavy (non-hydrogen) atoms. The number of aliphatic carboxylic acids is 1. The van der Waals surface area contributed by atoms with E-state index >= 15 is 0 Å². The summed E-state index contributed by atoms with van der Waals surface area (Å²) >= 11 is 0. The van der Waals surface area contributed by atoms with Crippen LogP contribution in [0.4, 0.5) is 0 Å². The largest absolute Gasteiger partial charge is 0.481 e. The van der Waals surface area contributed by atoms with Crippen LogP contribution in [0.1, 0.15) is 12.5 Å². The van der Waals surface area contributed by atoms with E-state index in [2.05, 4.69) is 5.92 Å². The summed E-state index contributed by atoms with van der Waals surface area (Å²) in [5.41, 5.74) is 1.01. The van der Waals surface area contributed by atoms with Crippen molar-refractivity contribution in [2.75, 3.05) is 13.1 Å². The van der Waals surface area contributed by atoms with Crippen molar-refractivity contribution in [2.24, 2.45) is 0 Å². The predicted octanol–water partition coefficient (Wildman–Crippen LogP) is 1.31. The average Bonchev–Trinajstić information content (AvgIpc) is 2.36. The lowest BCUT2D eigenvalue weighted by atomic mass is 10.2. The summed E-state index contributed by atoms with van der Waals surface area (Å²) in [6.45, 7) is 2.97. The van der Waals surface area contributed by atoms with E-state index in [0.717, 1.165) is 10.5 Å². The van der Waals surface area contributed by atoms with E-state index in [9.17, 15) is 9.59 Å². The highest BCUT2D eigenvalue weighted by atomic mass is 16.5. The summed E-state index contributed by atoms with van der Waals surface area (Å²) in [5, 5.41) is 8.76. The van der Waals surface area contributed by atoms with Crippen molar-refractivity contribution >= 4 is 11.9 Å². The van der Waals surface area contributed by atoms with Crippen LogP contribution in [0.25, 0.3) is 0 Å². The van der Waals surface area contributed by atoms with Gasteiger partial charge in [0.2, 0.25) is 0 Å². The van der Waals surface area contributed by atoms with Crippen LogP contribution in [0, 0.1) is 19.3 Å². The van der Waals surface area contributed by atoms with Crippen LogP contribution in [-0.2, 0) is 9.59 Å². The van der Waals surface area contributed by atoms with Gasteiger partial charge in [-0.1, -0.05) is 18.1 Å². The molecule has 0 aliphatic rings. The minimum Gasteiger partial charge on any atom is -0.481 e. The number of nitrogens with zero attached hydrogens (tertiary/aromatic N) is 1. The molecular formula is C15H17NO4. The van der Waals surface area contributed by atoms with Crippen LogP contribution >= 0.6 is 0 Å². The van der Waals surface area contributed by atoms with Gasteiger partial charge in [0, 0.05) is 0 Å². The number of ether oxygens (including phenoxy) is 1. The Morgan fingerprint density at radius 1 is 1.50 bits per heavy atom. The molecule has 1 amide bonds. The van der Waals surface area contributed by atoms with Crippen LogP contribution < -0.4 is 4.74 Å². The highest BCUT2D eigenvalue weighted by Gasteiger charge is 2.23. The second-order valence-electron chi connectivity index (χ2n) is 4.37. The van der Waals surface area contributed by atoms with Crippen LogP contribution in [0.3, 0.4) is 0 Å². The number of benzene rings is 1. The van der Waals surface area contributed by atoms with Gasteiger partial charge in [-0.3, -0.25) is 9.59 Å². The zero-order chi connectivity index (χ0) is 15.1. The predicted molar refractivity (Wildman–Crippen MR) is 74.3 cm³/mol. The Bertz CT molecular complexity index is 533. The Balaban J connectivity index is 2.73. The molecule has 0 aliphatic heterocycles. The lowest BCUT2D eigenvalue weighted by molar-refractivity contribution is -0.146. The van der Waals surface area contributed by atoms with E-state index in [-0.39, 0.29) is 6.54 Å². The van der Waals surface area contributed by atoms with E-state index in [1.54, 1.807) is 19.1 Å². The van der Waals surface area contributed by atoms with Gasteiger partial charge in [0.15, 0.2) is 6.10 Å². The molecule has 0 radical (unpaired) electrons. The Labute approximate surface area is 118 Å². The number of carboxylic acid groups (broad SMARTS) is 1. The van der Waals surface area contributed by atoms with Crippen LogP contribution in [0.15, 0.2) is 24.3 Å². The number of aryl methyl sites for hydroxylation is 1. The van der Waals surface area contributed by atoms with Gasteiger partial charge in [-0.05, 0) is 31.5 Å². The Morgan fingerprint density at radius 2 is 2.20 bits per heavy atom. The molecule has 1 aromatic rings. The number of amides is 1. The van der Waals surface area contributed by atoms with Gasteiger partial charge in [0.25, 0.3) is 5.91 Å². The standard InChI is InChI=1S/C15H17NO4/c1-4-8-16(10-14(17)18)15(19)12(3)20-13-7-5-6-11(2)9-13/h1,5-7,9,12H,8,10H2,2-3H3,(H,17,18). The first kappa shape index (κ1) is 15.6. The second kappa shape index (κ2) is 7.19. The van der Waals surface area contributed by atoms with Crippen molar-refractivity contribution in [2.45, 2.75) is 20.0 Å². The lowest BCUT2D eigenvalue weighted by Crippen LogP contribution is -2.43. The fourth-order valence-corrected chi connectivity index (χ4v) is 1.69. The first-order chi connectivity index (χ1) is 9.43. The van der Waals surface area contributed by atoms with Gasteiger partial charge in [-0.2, -0.15) is 0 Å². The first-order valence-electron chi connectivity index (χ1n) is 6.11. The molecule has 0 aliphatic carbocycles. The van der Waals surface area contributed by atoms with E-state index in [4.69, 9.17) is 16.3 Å². The molecule has 106 valence electrons. The van der Waals surface area contributed by atoms with Crippen molar-refractivity contribution in [3.05, 3.63) is 29.8 Å². The fourth-order valence-electron chi connectivity index (χ4n) is 1.69. The minimum atomic E-state index is -1.11. The average molecular weight is 275 g/mol. The van der Waals surface area contributed by atoms with Crippen molar-refractivity contribution in [1.82, 2.24) is 4.90 Å². The molecule has 0 bridgehead atoms. The van der Waals surface area contributed by atoms with Crippen LogP contribution in [0.5, 0.6) is 5.75 Å². The summed E-state index contributed by atoms with van der Waals surface area (Å²) < 4.78 is 5.51. The Morgan fingerprint density at radius 3 is 2.75 bits per heavy atom. The molecule has 0 aromatic heterocycles. The van der Waals surface area contributed by atoms with E-state index in [0.29, 0.717) is 5.75 Å². The molecule has 0 spiro atoms. The summed E-state index contributed by atoms with van der Waals surface area (Å²) in [6, 6.07) is 7.26. The second-order valence-corrected chi connectivity index (χ2v) is 4.37. The highest BCUT2D eigenvalue weighted by molar-refractivity contribution is 5.84. The molecule has 1 unspecified atom stereocenters. The number of rotatable bonds is 6. The molecule has 5 nitrogen and oxygen atoms in total. The highest BCUT2D eigenvalue weighted by Crippen LogP contribution is 2.15. The third kappa shape index (κ3) is 4.65. The molecule has 1 atom stereocenters. The van der Waals surface area contributed by atoms with Gasteiger partial charge < -0.3 is 14.7 Å². The van der Waals surface area contributed by atoms with E-state index < -0.39 is 24.5 Å². The maximum Gasteiger partial charge on any atom is 0.323 e. The van der Waals surface area contributed by atoms with Gasteiger partial charge in [0.1, 0.15) is 12.3 Å². The number of hydrogen-bond donors (Lipinski definition) is 1. The van der Waals surface area contributed by atoms with Gasteiger partial charge in [-0.25, -0.2) is 0 Å². The summed E-state index contributed by atoms with van der Waals surface area (Å²) in [6.07, 6.45) is 4.34. The molecule has 0 heterocycles. The van der Waals surface area contributed by atoms with Gasteiger partial charge in [-0.15, -0.1) is 6.42 Å². The third-order valence-electron chi connectivity index (χ3n) is 2.57. The summed E-state index contributed by atoms with van der Waals surface area (Å²) in [4.78, 5) is 23.9. The number of carbonyl (C=O) groups is 2. The van der Waals surface area contributed by atoms with E-state index in [1.165, 1.54) is 0 Å². The van der Waals surface area contributed by atoms with Crippen LogP contribution in [0.2, 0.25) is 0 Å². The minimum absolute atomic E-state index is 0.0628. The third-order valence-corrected chi connectivity index (χ3v) is 2.57. The first-order valence-corrected chi connectivity index (χ1v) is 6.11. The molecule has 1 rings (SSSR count). The lowest BCUT2D eigenvalue weighted by Gasteiger charge is -2.22. The summed E-state index contributed by atoms with van der Waals surface area (Å²) in [5.74, 6) is 1.26. The molecule has 0 saturated carbocycles. The SMILES string of the molecule is C#CCN(CC(=O)O)C(=O)C(C)Oc1cccc(C)c1. The van der Waals surface area contributed by atoms with Crippen molar-refractivity contribution in [3.63, 3.8) is 0 Å². The number of carboxylic acids is 1. The van der Waals surface area contributed by atoms with E-state index in [1.807, 2.05) is 19.1 Å². The fraction of sp³-hybridized carbons (Fsp3) is 0.333. The quantitative estimate of drug-likeness (QED) is 0.795. The number of carbonyl (C=O) groups excluding carboxylic acids is 1. The zero-order valence-corrected chi connectivity index (χ0v) is 11.5. The van der Waals surface area contributed by atoms with Gasteiger partial charge in [0.05, 0.1) is 6.54 Å². The molecule has 1 N–H and O–H groups in total. The molecule has 0 saturated heterocycles. The monoisotopic (exact) mass is 275 g/mol. The smallest absolute Gasteiger partial charge is 0.323 e. The summed E-state index contributed by atoms with van der Waals surface area (Å²) in [7, 11) is 0.